The van der Waals surface area contributed by atoms with Crippen molar-refractivity contribution in [3.8, 4) is 0 Å². The van der Waals surface area contributed by atoms with Gasteiger partial charge < -0.3 is 0 Å². The molecule has 0 N–H and O–H groups in total. The SMILES string of the molecule is CC(C)c1c2ncc(C=C3C(=O)c4cc(F)c(F)cc4C3=O)nc2cc2ncc(C=C3C(=O)c4cc(F)c(F)cc4C3=O)nc12. The van der Waals surface area contributed by atoms with Gasteiger partial charge in [0.1, 0.15) is 0 Å². The summed E-state index contributed by atoms with van der Waals surface area (Å²) in [6, 6.07) is 4.36. The van der Waals surface area contributed by atoms with Gasteiger partial charge in [-0.3, -0.25) is 29.1 Å². The Hall–Kier alpha value is -5.78. The molecule has 45 heavy (non-hydrogen) atoms. The summed E-state index contributed by atoms with van der Waals surface area (Å²) < 4.78 is 54.9. The Morgan fingerprint density at radius 2 is 0.978 bits per heavy atom. The number of ketones is 4. The number of nitrogens with zero attached hydrogens (tertiary/aromatic N) is 4. The van der Waals surface area contributed by atoms with Gasteiger partial charge in [0.25, 0.3) is 0 Å². The van der Waals surface area contributed by atoms with E-state index in [0.717, 1.165) is 0 Å². The average molecular weight is 609 g/mol. The maximum absolute atomic E-state index is 13.7. The molecule has 2 aliphatic carbocycles. The van der Waals surface area contributed by atoms with E-state index < -0.39 is 46.4 Å². The van der Waals surface area contributed by atoms with E-state index in [1.54, 1.807) is 6.07 Å². The van der Waals surface area contributed by atoms with E-state index in [1.165, 1.54) is 24.5 Å². The van der Waals surface area contributed by atoms with E-state index in [2.05, 4.69) is 19.9 Å². The predicted molar refractivity (Wildman–Crippen MR) is 153 cm³/mol. The second-order valence-corrected chi connectivity index (χ2v) is 10.8. The van der Waals surface area contributed by atoms with Crippen LogP contribution in [0, 0.1) is 23.3 Å². The van der Waals surface area contributed by atoms with Crippen molar-refractivity contribution in [3.05, 3.63) is 116 Å². The highest BCUT2D eigenvalue weighted by atomic mass is 19.2. The molecule has 0 spiro atoms. The van der Waals surface area contributed by atoms with Crippen molar-refractivity contribution in [2.45, 2.75) is 19.8 Å². The molecule has 12 heteroatoms. The fourth-order valence-corrected chi connectivity index (χ4v) is 5.56. The topological polar surface area (TPSA) is 120 Å². The van der Waals surface area contributed by atoms with Crippen LogP contribution in [0.1, 0.15) is 78.1 Å². The Morgan fingerprint density at radius 3 is 1.42 bits per heavy atom. The van der Waals surface area contributed by atoms with Gasteiger partial charge in [-0.05, 0) is 48.4 Å². The number of rotatable bonds is 3. The second kappa shape index (κ2) is 9.88. The molecular weight excluding hydrogens is 592 g/mol. The van der Waals surface area contributed by atoms with Crippen LogP contribution in [0.3, 0.4) is 0 Å². The van der Waals surface area contributed by atoms with Crippen LogP contribution in [0.4, 0.5) is 17.6 Å². The van der Waals surface area contributed by atoms with Crippen LogP contribution >= 0.6 is 0 Å². The summed E-state index contributed by atoms with van der Waals surface area (Å²) >= 11 is 0. The summed E-state index contributed by atoms with van der Waals surface area (Å²) in [4.78, 5) is 69.5. The van der Waals surface area contributed by atoms with Crippen molar-refractivity contribution in [1.82, 2.24) is 19.9 Å². The molecule has 5 aromatic rings. The molecule has 2 heterocycles. The molecule has 8 nitrogen and oxygen atoms in total. The molecule has 2 aliphatic rings. The highest BCUT2D eigenvalue weighted by Gasteiger charge is 2.36. The van der Waals surface area contributed by atoms with Gasteiger partial charge in [-0.1, -0.05) is 13.8 Å². The lowest BCUT2D eigenvalue weighted by Crippen LogP contribution is -2.04. The van der Waals surface area contributed by atoms with Gasteiger partial charge in [-0.25, -0.2) is 27.5 Å². The number of carbonyl (C=O) groups excluding carboxylic acids is 4. The first kappa shape index (κ1) is 28.0. The summed E-state index contributed by atoms with van der Waals surface area (Å²) in [6.07, 6.45) is 5.08. The van der Waals surface area contributed by atoms with Crippen molar-refractivity contribution in [2.24, 2.45) is 0 Å². The summed E-state index contributed by atoms with van der Waals surface area (Å²) in [6.45, 7) is 3.77. The molecule has 0 radical (unpaired) electrons. The first-order chi connectivity index (χ1) is 21.4. The van der Waals surface area contributed by atoms with Crippen LogP contribution in [0.2, 0.25) is 0 Å². The molecule has 0 fully saturated rings. The lowest BCUT2D eigenvalue weighted by atomic mass is 9.98. The first-order valence-corrected chi connectivity index (χ1v) is 13.5. The van der Waals surface area contributed by atoms with Crippen molar-refractivity contribution < 1.29 is 36.7 Å². The zero-order chi connectivity index (χ0) is 31.9. The molecule has 0 saturated carbocycles. The largest absolute Gasteiger partial charge is 0.288 e. The van der Waals surface area contributed by atoms with Gasteiger partial charge in [0.2, 0.25) is 0 Å². The number of halogens is 4. The van der Waals surface area contributed by atoms with Gasteiger partial charge in [0, 0.05) is 27.8 Å². The van der Waals surface area contributed by atoms with Crippen molar-refractivity contribution in [2.75, 3.05) is 0 Å². The van der Waals surface area contributed by atoms with E-state index in [-0.39, 0.29) is 50.7 Å². The molecule has 0 unspecified atom stereocenters. The molecule has 0 saturated heterocycles. The number of aromatic nitrogens is 4. The third-order valence-corrected chi connectivity index (χ3v) is 7.66. The Kier molecular flexibility index (Phi) is 6.15. The second-order valence-electron chi connectivity index (χ2n) is 10.8. The first-order valence-electron chi connectivity index (χ1n) is 13.5. The van der Waals surface area contributed by atoms with E-state index in [1.807, 2.05) is 13.8 Å². The lowest BCUT2D eigenvalue weighted by molar-refractivity contribution is 0.0974. The van der Waals surface area contributed by atoms with Crippen molar-refractivity contribution in [3.63, 3.8) is 0 Å². The fraction of sp³-hybridized carbons (Fsp3) is 0.0909. The Morgan fingerprint density at radius 1 is 0.556 bits per heavy atom. The van der Waals surface area contributed by atoms with E-state index in [0.29, 0.717) is 51.9 Å². The lowest BCUT2D eigenvalue weighted by Gasteiger charge is -2.13. The van der Waals surface area contributed by atoms with Crippen LogP contribution in [0.15, 0.2) is 53.9 Å². The Labute approximate surface area is 250 Å². The Bertz CT molecular complexity index is 2240. The summed E-state index contributed by atoms with van der Waals surface area (Å²) in [5.41, 5.74) is 0.921. The summed E-state index contributed by atoms with van der Waals surface area (Å²) in [7, 11) is 0. The highest BCUT2D eigenvalue weighted by Crippen LogP contribution is 2.34. The van der Waals surface area contributed by atoms with Gasteiger partial charge >= 0.3 is 0 Å². The number of benzene rings is 3. The molecule has 2 aromatic heterocycles. The van der Waals surface area contributed by atoms with Crippen molar-refractivity contribution in [1.29, 1.82) is 0 Å². The minimum absolute atomic E-state index is 0.141. The van der Waals surface area contributed by atoms with Gasteiger partial charge in [-0.15, -0.1) is 0 Å². The van der Waals surface area contributed by atoms with E-state index in [4.69, 9.17) is 0 Å². The van der Waals surface area contributed by atoms with Crippen molar-refractivity contribution >= 4 is 57.4 Å². The molecule has 0 atom stereocenters. The minimum Gasteiger partial charge on any atom is -0.288 e. The smallest absolute Gasteiger partial charge is 0.197 e. The average Bonchev–Trinajstić information content (AvgIpc) is 3.35. The predicted octanol–water partition coefficient (Wildman–Crippen LogP) is 6.18. The van der Waals surface area contributed by atoms with Gasteiger partial charge in [0.05, 0.1) is 57.0 Å². The number of carbonyl (C=O) groups is 4. The van der Waals surface area contributed by atoms with Crippen LogP contribution < -0.4 is 0 Å². The number of Topliss-reactive ketones (excluding diaryl/α,β-unsaturated/α-hetero) is 4. The van der Waals surface area contributed by atoms with Crippen LogP contribution in [0.25, 0.3) is 34.2 Å². The third kappa shape index (κ3) is 4.28. The van der Waals surface area contributed by atoms with E-state index >= 15 is 0 Å². The molecule has 0 amide bonds. The molecule has 0 aliphatic heterocycles. The minimum atomic E-state index is -1.24. The molecule has 0 bridgehead atoms. The number of allylic oxidation sites excluding steroid dienone is 2. The maximum Gasteiger partial charge on any atom is 0.197 e. The standard InChI is InChI=1S/C33H16F4N4O4/c1-12(2)27-28-26(40-13(11-39-28)3-19-30(42)15-5-21(34)22(35)6-16(15)31(19)43)9-25-29(27)41-14(10-38-25)4-20-32(44)17-7-23(36)24(37)8-18(17)33(20)45/h3-12H,1-2H3. The fourth-order valence-electron chi connectivity index (χ4n) is 5.56. The zero-order valence-electron chi connectivity index (χ0n) is 23.2. The van der Waals surface area contributed by atoms with Crippen LogP contribution in [-0.4, -0.2) is 43.1 Å². The van der Waals surface area contributed by atoms with Gasteiger partial charge in [0.15, 0.2) is 46.4 Å². The maximum atomic E-state index is 13.7. The van der Waals surface area contributed by atoms with Crippen LogP contribution in [-0.2, 0) is 0 Å². The highest BCUT2D eigenvalue weighted by molar-refractivity contribution is 6.42. The summed E-state index contributed by atoms with van der Waals surface area (Å²) in [5, 5.41) is 0. The normalized spacial score (nSPS) is 14.3. The quantitative estimate of drug-likeness (QED) is 0.103. The third-order valence-electron chi connectivity index (χ3n) is 7.66. The van der Waals surface area contributed by atoms with Crippen LogP contribution in [0.5, 0.6) is 0 Å². The number of fused-ring (bicyclic) bond motifs is 4. The zero-order valence-corrected chi connectivity index (χ0v) is 23.2. The number of hydrogen-bond donors (Lipinski definition) is 0. The molecular formula is C33H16F4N4O4. The molecule has 3 aromatic carbocycles. The molecule has 7 rings (SSSR count). The number of hydrogen-bond acceptors (Lipinski definition) is 8. The summed E-state index contributed by atoms with van der Waals surface area (Å²) in [5.74, 6) is -8.19. The van der Waals surface area contributed by atoms with E-state index in [9.17, 15) is 36.7 Å². The van der Waals surface area contributed by atoms with Gasteiger partial charge in [-0.2, -0.15) is 0 Å². The monoisotopic (exact) mass is 608 g/mol. The Balaban J connectivity index is 1.30. The molecule has 220 valence electrons.